The van der Waals surface area contributed by atoms with Gasteiger partial charge in [0.2, 0.25) is 0 Å². The van der Waals surface area contributed by atoms with Gasteiger partial charge in [0.1, 0.15) is 4.90 Å². The summed E-state index contributed by atoms with van der Waals surface area (Å²) >= 11 is 0. The lowest BCUT2D eigenvalue weighted by Gasteiger charge is -2.23. The molecule has 1 fully saturated rings. The standard InChI is InChI=1S/C10H15N3O2S/c14-16-6-3-8-9(16)10(13-12-8)11-7-1-4-15-5-2-7/h7H,1-6H2,(H2,11,12,13)/t16-/m1/s1. The Labute approximate surface area is 96.4 Å². The smallest absolute Gasteiger partial charge is 0.164 e. The topological polar surface area (TPSA) is 67.0 Å². The second kappa shape index (κ2) is 4.18. The first-order chi connectivity index (χ1) is 7.84. The van der Waals surface area contributed by atoms with E-state index in [4.69, 9.17) is 4.74 Å². The molecule has 3 rings (SSSR count). The number of hydrogen-bond acceptors (Lipinski definition) is 4. The van der Waals surface area contributed by atoms with Crippen LogP contribution in [-0.2, 0) is 22.0 Å². The van der Waals surface area contributed by atoms with Crippen LogP contribution in [0.3, 0.4) is 0 Å². The van der Waals surface area contributed by atoms with Crippen LogP contribution in [0.25, 0.3) is 0 Å². The molecule has 1 aromatic rings. The maximum absolute atomic E-state index is 11.8. The number of aryl methyl sites for hydroxylation is 1. The molecule has 3 heterocycles. The lowest BCUT2D eigenvalue weighted by Crippen LogP contribution is -2.28. The molecule has 16 heavy (non-hydrogen) atoms. The molecule has 6 heteroatoms. The van der Waals surface area contributed by atoms with Gasteiger partial charge in [0.25, 0.3) is 0 Å². The first-order valence-electron chi connectivity index (χ1n) is 5.64. The quantitative estimate of drug-likeness (QED) is 0.798. The van der Waals surface area contributed by atoms with Crippen LogP contribution in [0.15, 0.2) is 4.90 Å². The van der Waals surface area contributed by atoms with E-state index in [1.54, 1.807) is 0 Å². The molecule has 0 bridgehead atoms. The van der Waals surface area contributed by atoms with Crippen LogP contribution >= 0.6 is 0 Å². The molecule has 1 saturated heterocycles. The minimum atomic E-state index is -0.870. The van der Waals surface area contributed by atoms with Crippen LogP contribution in [0.5, 0.6) is 0 Å². The molecule has 5 nitrogen and oxygen atoms in total. The van der Waals surface area contributed by atoms with E-state index in [1.807, 2.05) is 0 Å². The highest BCUT2D eigenvalue weighted by molar-refractivity contribution is 7.85. The van der Waals surface area contributed by atoms with E-state index in [-0.39, 0.29) is 0 Å². The van der Waals surface area contributed by atoms with E-state index in [0.29, 0.717) is 6.04 Å². The van der Waals surface area contributed by atoms with Gasteiger partial charge in [-0.3, -0.25) is 9.31 Å². The van der Waals surface area contributed by atoms with Crippen molar-refractivity contribution in [2.45, 2.75) is 30.2 Å². The predicted octanol–water partition coefficient (Wildman–Crippen LogP) is 0.664. The number of anilines is 1. The van der Waals surface area contributed by atoms with Crippen molar-refractivity contribution in [1.82, 2.24) is 10.2 Å². The molecule has 88 valence electrons. The maximum atomic E-state index is 11.8. The normalized spacial score (nSPS) is 25.6. The summed E-state index contributed by atoms with van der Waals surface area (Å²) in [6.45, 7) is 1.60. The summed E-state index contributed by atoms with van der Waals surface area (Å²) < 4.78 is 17.1. The number of rotatable bonds is 2. The highest BCUT2D eigenvalue weighted by Gasteiger charge is 2.26. The van der Waals surface area contributed by atoms with E-state index >= 15 is 0 Å². The van der Waals surface area contributed by atoms with Gasteiger partial charge in [0.05, 0.1) is 16.5 Å². The highest BCUT2D eigenvalue weighted by atomic mass is 32.2. The van der Waals surface area contributed by atoms with Gasteiger partial charge in [-0.05, 0) is 12.8 Å². The van der Waals surface area contributed by atoms with Crippen LogP contribution < -0.4 is 5.32 Å². The summed E-state index contributed by atoms with van der Waals surface area (Å²) in [5.74, 6) is 1.52. The van der Waals surface area contributed by atoms with Gasteiger partial charge in [-0.15, -0.1) is 0 Å². The Balaban J connectivity index is 1.77. The van der Waals surface area contributed by atoms with Gasteiger partial charge >= 0.3 is 0 Å². The zero-order chi connectivity index (χ0) is 11.0. The summed E-state index contributed by atoms with van der Waals surface area (Å²) in [6, 6.07) is 0.402. The number of aromatic nitrogens is 2. The van der Waals surface area contributed by atoms with Crippen LogP contribution in [0.2, 0.25) is 0 Å². The molecular formula is C10H15N3O2S. The highest BCUT2D eigenvalue weighted by Crippen LogP contribution is 2.28. The monoisotopic (exact) mass is 241 g/mol. The summed E-state index contributed by atoms with van der Waals surface area (Å²) in [6.07, 6.45) is 2.84. The van der Waals surface area contributed by atoms with Gasteiger partial charge in [0.15, 0.2) is 5.82 Å². The van der Waals surface area contributed by atoms with Crippen molar-refractivity contribution >= 4 is 16.6 Å². The Hall–Kier alpha value is -0.880. The Morgan fingerprint density at radius 2 is 2.25 bits per heavy atom. The molecule has 0 aliphatic carbocycles. The first kappa shape index (κ1) is 10.3. The molecule has 2 aliphatic rings. The number of fused-ring (bicyclic) bond motifs is 1. The van der Waals surface area contributed by atoms with Gasteiger partial charge in [-0.25, -0.2) is 0 Å². The molecule has 0 spiro atoms. The van der Waals surface area contributed by atoms with E-state index in [2.05, 4.69) is 15.5 Å². The van der Waals surface area contributed by atoms with Gasteiger partial charge < -0.3 is 10.1 Å². The third-order valence-corrected chi connectivity index (χ3v) is 4.59. The minimum absolute atomic E-state index is 0.402. The number of hydrogen-bond donors (Lipinski definition) is 2. The van der Waals surface area contributed by atoms with Crippen molar-refractivity contribution in [3.05, 3.63) is 5.69 Å². The van der Waals surface area contributed by atoms with Crippen LogP contribution in [0.1, 0.15) is 18.5 Å². The van der Waals surface area contributed by atoms with Crippen LogP contribution in [0, 0.1) is 0 Å². The number of ether oxygens (including phenoxy) is 1. The molecular weight excluding hydrogens is 226 g/mol. The Morgan fingerprint density at radius 3 is 3.06 bits per heavy atom. The largest absolute Gasteiger partial charge is 0.381 e. The van der Waals surface area contributed by atoms with Gasteiger partial charge in [0, 0.05) is 31.4 Å². The van der Waals surface area contributed by atoms with Crippen LogP contribution in [0.4, 0.5) is 5.82 Å². The van der Waals surface area contributed by atoms with Crippen molar-refractivity contribution in [2.24, 2.45) is 0 Å². The van der Waals surface area contributed by atoms with Gasteiger partial charge in [-0.2, -0.15) is 5.10 Å². The van der Waals surface area contributed by atoms with E-state index in [9.17, 15) is 4.21 Å². The Kier molecular flexibility index (Phi) is 2.69. The maximum Gasteiger partial charge on any atom is 0.164 e. The number of aromatic amines is 1. The first-order valence-corrected chi connectivity index (χ1v) is 6.96. The van der Waals surface area contributed by atoms with Crippen molar-refractivity contribution in [2.75, 3.05) is 24.3 Å². The SMILES string of the molecule is O=[S@@]1CCc2[nH]nc(NC3CCOCC3)c21. The van der Waals surface area contributed by atoms with Crippen LogP contribution in [-0.4, -0.2) is 39.4 Å². The van der Waals surface area contributed by atoms with Crippen molar-refractivity contribution in [1.29, 1.82) is 0 Å². The average Bonchev–Trinajstić information content (AvgIpc) is 2.86. The van der Waals surface area contributed by atoms with E-state index < -0.39 is 10.8 Å². The fourth-order valence-corrected chi connectivity index (χ4v) is 3.55. The predicted molar refractivity (Wildman–Crippen MR) is 61.0 cm³/mol. The van der Waals surface area contributed by atoms with E-state index in [1.165, 1.54) is 0 Å². The Bertz CT molecular complexity index is 412. The fraction of sp³-hybridized carbons (Fsp3) is 0.700. The molecule has 2 N–H and O–H groups in total. The van der Waals surface area contributed by atoms with Gasteiger partial charge in [-0.1, -0.05) is 0 Å². The van der Waals surface area contributed by atoms with E-state index in [0.717, 1.165) is 54.6 Å². The Morgan fingerprint density at radius 1 is 1.44 bits per heavy atom. The molecule has 0 radical (unpaired) electrons. The minimum Gasteiger partial charge on any atom is -0.381 e. The number of H-pyrrole nitrogens is 1. The second-order valence-corrected chi connectivity index (χ2v) is 5.72. The lowest BCUT2D eigenvalue weighted by molar-refractivity contribution is 0.0903. The summed E-state index contributed by atoms with van der Waals surface area (Å²) in [4.78, 5) is 0.895. The molecule has 1 atom stereocenters. The second-order valence-electron chi connectivity index (χ2n) is 4.21. The third kappa shape index (κ3) is 1.76. The zero-order valence-electron chi connectivity index (χ0n) is 8.99. The summed E-state index contributed by atoms with van der Waals surface area (Å²) in [5.41, 5.74) is 1.04. The molecule has 2 aliphatic heterocycles. The number of nitrogens with zero attached hydrogens (tertiary/aromatic N) is 1. The third-order valence-electron chi connectivity index (χ3n) is 3.12. The lowest BCUT2D eigenvalue weighted by atomic mass is 10.1. The molecule has 1 aromatic heterocycles. The average molecular weight is 241 g/mol. The zero-order valence-corrected chi connectivity index (χ0v) is 9.81. The summed E-state index contributed by atoms with van der Waals surface area (Å²) in [5, 5.41) is 10.6. The molecule has 0 unspecified atom stereocenters. The molecule has 0 saturated carbocycles. The fourth-order valence-electron chi connectivity index (χ4n) is 2.21. The number of nitrogens with one attached hydrogen (secondary N) is 2. The van der Waals surface area contributed by atoms with Crippen molar-refractivity contribution in [3.8, 4) is 0 Å². The molecule has 0 aromatic carbocycles. The van der Waals surface area contributed by atoms with Crippen molar-refractivity contribution in [3.63, 3.8) is 0 Å². The summed E-state index contributed by atoms with van der Waals surface area (Å²) in [7, 11) is -0.870. The molecule has 0 amide bonds. The van der Waals surface area contributed by atoms with Crippen molar-refractivity contribution < 1.29 is 8.95 Å².